The zero-order valence-electron chi connectivity index (χ0n) is 8.95. The quantitative estimate of drug-likeness (QED) is 0.623. The maximum absolute atomic E-state index is 9.25. The van der Waals surface area contributed by atoms with E-state index in [2.05, 4.69) is 22.0 Å². The number of allylic oxidation sites excluding steroid dienone is 1. The van der Waals surface area contributed by atoms with Crippen molar-refractivity contribution in [3.63, 3.8) is 0 Å². The van der Waals surface area contributed by atoms with Gasteiger partial charge in [0, 0.05) is 14.9 Å². The summed E-state index contributed by atoms with van der Waals surface area (Å²) < 4.78 is 0.753. The van der Waals surface area contributed by atoms with E-state index in [1.807, 2.05) is 29.6 Å². The second-order valence-corrected chi connectivity index (χ2v) is 5.94. The Labute approximate surface area is 127 Å². The highest BCUT2D eigenvalue weighted by Crippen LogP contribution is 2.37. The Bertz CT molecular complexity index is 642. The first-order valence-electron chi connectivity index (χ1n) is 4.93. The molecular formula is C13H6BrCl2NS. The average Bonchev–Trinajstić information content (AvgIpc) is 2.87. The minimum Gasteiger partial charge on any atom is -0.192 e. The first kappa shape index (κ1) is 13.6. The number of hydrogen-bond acceptors (Lipinski definition) is 2. The molecule has 0 bridgehead atoms. The van der Waals surface area contributed by atoms with E-state index in [-0.39, 0.29) is 0 Å². The fourth-order valence-electron chi connectivity index (χ4n) is 1.44. The van der Waals surface area contributed by atoms with Crippen LogP contribution in [0.2, 0.25) is 5.02 Å². The number of nitrogens with zero attached hydrogens (tertiary/aromatic N) is 1. The molecule has 0 saturated carbocycles. The third kappa shape index (κ3) is 2.62. The van der Waals surface area contributed by atoms with E-state index in [1.165, 1.54) is 11.3 Å². The Morgan fingerprint density at radius 3 is 2.67 bits per heavy atom. The summed E-state index contributed by atoms with van der Waals surface area (Å²) in [6, 6.07) is 11.3. The van der Waals surface area contributed by atoms with Crippen molar-refractivity contribution in [1.82, 2.24) is 0 Å². The van der Waals surface area contributed by atoms with E-state index in [4.69, 9.17) is 23.2 Å². The number of benzene rings is 1. The van der Waals surface area contributed by atoms with Gasteiger partial charge in [-0.3, -0.25) is 0 Å². The fourth-order valence-corrected chi connectivity index (χ4v) is 3.16. The fraction of sp³-hybridized carbons (Fsp3) is 0. The van der Waals surface area contributed by atoms with Gasteiger partial charge in [-0.25, -0.2) is 0 Å². The van der Waals surface area contributed by atoms with E-state index in [0.717, 1.165) is 9.35 Å². The van der Waals surface area contributed by atoms with Crippen molar-refractivity contribution in [3.05, 3.63) is 55.6 Å². The zero-order valence-corrected chi connectivity index (χ0v) is 12.9. The van der Waals surface area contributed by atoms with Crippen LogP contribution in [-0.4, -0.2) is 0 Å². The third-order valence-electron chi connectivity index (χ3n) is 2.29. The van der Waals surface area contributed by atoms with Crippen LogP contribution < -0.4 is 0 Å². The highest BCUT2D eigenvalue weighted by molar-refractivity contribution is 9.10. The maximum atomic E-state index is 9.25. The second kappa shape index (κ2) is 5.90. The predicted octanol–water partition coefficient (Wildman–Crippen LogP) is 5.79. The molecule has 1 aromatic carbocycles. The summed E-state index contributed by atoms with van der Waals surface area (Å²) >= 11 is 17.3. The average molecular weight is 359 g/mol. The van der Waals surface area contributed by atoms with Crippen molar-refractivity contribution in [2.45, 2.75) is 0 Å². The van der Waals surface area contributed by atoms with Crippen LogP contribution in [0.5, 0.6) is 0 Å². The van der Waals surface area contributed by atoms with E-state index >= 15 is 0 Å². The summed E-state index contributed by atoms with van der Waals surface area (Å²) in [6.45, 7) is 0. The summed E-state index contributed by atoms with van der Waals surface area (Å²) in [5, 5.41) is 12.0. The van der Waals surface area contributed by atoms with Crippen molar-refractivity contribution in [2.24, 2.45) is 0 Å². The van der Waals surface area contributed by atoms with Gasteiger partial charge in [-0.2, -0.15) is 5.26 Å². The molecule has 0 aliphatic heterocycles. The molecule has 5 heteroatoms. The van der Waals surface area contributed by atoms with Gasteiger partial charge in [-0.05, 0) is 33.4 Å². The minimum absolute atomic E-state index is 0.367. The lowest BCUT2D eigenvalue weighted by Crippen LogP contribution is -1.85. The van der Waals surface area contributed by atoms with Gasteiger partial charge in [0.2, 0.25) is 0 Å². The molecule has 0 aliphatic carbocycles. The summed E-state index contributed by atoms with van der Waals surface area (Å²) in [6.07, 6.45) is 0. The Hall–Kier alpha value is -0.790. The second-order valence-electron chi connectivity index (χ2n) is 3.38. The molecule has 18 heavy (non-hydrogen) atoms. The lowest BCUT2D eigenvalue weighted by atomic mass is 10.1. The number of rotatable bonds is 2. The topological polar surface area (TPSA) is 23.8 Å². The van der Waals surface area contributed by atoms with Crippen LogP contribution in [-0.2, 0) is 0 Å². The number of thiophene rings is 1. The van der Waals surface area contributed by atoms with Gasteiger partial charge >= 0.3 is 0 Å². The smallest absolute Gasteiger partial charge is 0.102 e. The van der Waals surface area contributed by atoms with Crippen molar-refractivity contribution in [2.75, 3.05) is 0 Å². The van der Waals surface area contributed by atoms with Crippen LogP contribution >= 0.6 is 50.5 Å². The number of hydrogen-bond donors (Lipinski definition) is 0. The van der Waals surface area contributed by atoms with E-state index < -0.39 is 0 Å². The summed E-state index contributed by atoms with van der Waals surface area (Å²) in [5.74, 6) is 0. The van der Waals surface area contributed by atoms with E-state index in [1.54, 1.807) is 6.07 Å². The Morgan fingerprint density at radius 1 is 1.28 bits per heavy atom. The normalized spacial score (nSPS) is 11.9. The first-order chi connectivity index (χ1) is 8.65. The predicted molar refractivity (Wildman–Crippen MR) is 81.8 cm³/mol. The van der Waals surface area contributed by atoms with Gasteiger partial charge in [0.1, 0.15) is 6.07 Å². The maximum Gasteiger partial charge on any atom is 0.102 e. The first-order valence-corrected chi connectivity index (χ1v) is 7.36. The SMILES string of the molecule is N#C/C(=C(/Cl)c1cccc(Br)c1Cl)c1cccs1. The molecular weight excluding hydrogens is 353 g/mol. The monoisotopic (exact) mass is 357 g/mol. The van der Waals surface area contributed by atoms with Crippen LogP contribution in [0.3, 0.4) is 0 Å². The summed E-state index contributed by atoms with van der Waals surface area (Å²) in [4.78, 5) is 0.832. The molecule has 0 radical (unpaired) electrons. The molecule has 0 spiro atoms. The molecule has 0 fully saturated rings. The molecule has 2 aromatic rings. The highest BCUT2D eigenvalue weighted by Gasteiger charge is 2.14. The van der Waals surface area contributed by atoms with Crippen LogP contribution in [0.4, 0.5) is 0 Å². The molecule has 2 rings (SSSR count). The van der Waals surface area contributed by atoms with Gasteiger partial charge in [0.05, 0.1) is 15.6 Å². The lowest BCUT2D eigenvalue weighted by molar-refractivity contribution is 1.53. The molecule has 1 aromatic heterocycles. The van der Waals surface area contributed by atoms with Crippen molar-refractivity contribution >= 4 is 61.1 Å². The van der Waals surface area contributed by atoms with Gasteiger partial charge < -0.3 is 0 Å². The van der Waals surface area contributed by atoms with Crippen molar-refractivity contribution < 1.29 is 0 Å². The Kier molecular flexibility index (Phi) is 4.47. The molecule has 90 valence electrons. The minimum atomic E-state index is 0.367. The van der Waals surface area contributed by atoms with Crippen LogP contribution in [0.1, 0.15) is 10.4 Å². The molecule has 0 unspecified atom stereocenters. The van der Waals surface area contributed by atoms with Crippen molar-refractivity contribution in [3.8, 4) is 6.07 Å². The van der Waals surface area contributed by atoms with E-state index in [9.17, 15) is 5.26 Å². The summed E-state index contributed by atoms with van der Waals surface area (Å²) in [5.41, 5.74) is 1.09. The Balaban J connectivity index is 2.62. The molecule has 1 nitrogen and oxygen atoms in total. The summed E-state index contributed by atoms with van der Waals surface area (Å²) in [7, 11) is 0. The van der Waals surface area contributed by atoms with Gasteiger partial charge in [-0.15, -0.1) is 11.3 Å². The van der Waals surface area contributed by atoms with Gasteiger partial charge in [0.15, 0.2) is 0 Å². The molecule has 0 aliphatic rings. The molecule has 0 atom stereocenters. The van der Waals surface area contributed by atoms with Gasteiger partial charge in [0.25, 0.3) is 0 Å². The third-order valence-corrected chi connectivity index (χ3v) is 4.86. The van der Waals surface area contributed by atoms with Crippen molar-refractivity contribution in [1.29, 1.82) is 5.26 Å². The number of halogens is 3. The zero-order chi connectivity index (χ0) is 13.1. The lowest BCUT2D eigenvalue weighted by Gasteiger charge is -2.06. The van der Waals surface area contributed by atoms with Crippen LogP contribution in [0.25, 0.3) is 10.6 Å². The largest absolute Gasteiger partial charge is 0.192 e. The number of nitriles is 1. The standard InChI is InChI=1S/C13H6BrCl2NS/c14-10-4-1-3-8(13(10)16)12(15)9(7-17)11-5-2-6-18-11/h1-6H/b12-9-. The molecule has 1 heterocycles. The van der Waals surface area contributed by atoms with Crippen LogP contribution in [0, 0.1) is 11.3 Å². The molecule has 0 N–H and O–H groups in total. The van der Waals surface area contributed by atoms with Crippen LogP contribution in [0.15, 0.2) is 40.2 Å². The molecule has 0 saturated heterocycles. The van der Waals surface area contributed by atoms with E-state index in [0.29, 0.717) is 21.2 Å². The molecule has 0 amide bonds. The Morgan fingerprint density at radius 2 is 2.06 bits per heavy atom. The van der Waals surface area contributed by atoms with Gasteiger partial charge in [-0.1, -0.05) is 41.4 Å². The highest BCUT2D eigenvalue weighted by atomic mass is 79.9.